The minimum atomic E-state index is 0. The summed E-state index contributed by atoms with van der Waals surface area (Å²) in [6.45, 7) is 9.27. The van der Waals surface area contributed by atoms with E-state index in [0.29, 0.717) is 5.92 Å². The Morgan fingerprint density at radius 2 is 1.97 bits per heavy atom. The molecule has 0 amide bonds. The summed E-state index contributed by atoms with van der Waals surface area (Å²) in [7, 11) is 3.66. The lowest BCUT2D eigenvalue weighted by Gasteiger charge is -2.36. The standard InChI is InChI=1S/C21H34ClN5O.HI/c1-23-21(27-11-8-18(16-27)17-28-2)24-9-5-10-25-12-14-26(15-13-25)20-7-4-3-6-19(20)22;/h3-4,6-7,18H,5,8-17H2,1-2H3,(H,23,24);1H. The number of benzene rings is 1. The predicted molar refractivity (Wildman–Crippen MR) is 133 cm³/mol. The Bertz CT molecular complexity index is 639. The highest BCUT2D eigenvalue weighted by molar-refractivity contribution is 14.0. The number of halogens is 2. The van der Waals surface area contributed by atoms with Crippen molar-refractivity contribution in [3.8, 4) is 0 Å². The second kappa shape index (κ2) is 12.8. The van der Waals surface area contributed by atoms with Gasteiger partial charge in [0.2, 0.25) is 0 Å². The van der Waals surface area contributed by atoms with Crippen molar-refractivity contribution < 1.29 is 4.74 Å². The van der Waals surface area contributed by atoms with Gasteiger partial charge in [-0.2, -0.15) is 0 Å². The van der Waals surface area contributed by atoms with E-state index in [1.54, 1.807) is 7.11 Å². The van der Waals surface area contributed by atoms with Crippen molar-refractivity contribution in [2.24, 2.45) is 10.9 Å². The topological polar surface area (TPSA) is 43.3 Å². The van der Waals surface area contributed by atoms with E-state index in [0.717, 1.165) is 82.1 Å². The first kappa shape index (κ1) is 24.5. The maximum atomic E-state index is 6.33. The van der Waals surface area contributed by atoms with Crippen LogP contribution in [0.5, 0.6) is 0 Å². The molecule has 1 N–H and O–H groups in total. The number of piperazine rings is 1. The van der Waals surface area contributed by atoms with Gasteiger partial charge < -0.3 is 19.9 Å². The number of guanidine groups is 1. The largest absolute Gasteiger partial charge is 0.384 e. The summed E-state index contributed by atoms with van der Waals surface area (Å²) in [5.41, 5.74) is 1.16. The number of para-hydroxylation sites is 1. The van der Waals surface area contributed by atoms with Crippen LogP contribution in [0, 0.1) is 5.92 Å². The number of methoxy groups -OCH3 is 1. The Morgan fingerprint density at radius 1 is 1.21 bits per heavy atom. The molecule has 3 rings (SSSR count). The molecule has 1 atom stereocenters. The molecule has 2 heterocycles. The van der Waals surface area contributed by atoms with E-state index in [9.17, 15) is 0 Å². The highest BCUT2D eigenvalue weighted by Crippen LogP contribution is 2.26. The Hall–Kier alpha value is -0.770. The van der Waals surface area contributed by atoms with E-state index in [1.165, 1.54) is 6.42 Å². The number of nitrogens with one attached hydrogen (secondary N) is 1. The van der Waals surface area contributed by atoms with Crippen molar-refractivity contribution >= 4 is 47.2 Å². The third kappa shape index (κ3) is 7.15. The van der Waals surface area contributed by atoms with Gasteiger partial charge in [0.15, 0.2) is 5.96 Å². The van der Waals surface area contributed by atoms with Gasteiger partial charge in [-0.3, -0.25) is 9.89 Å². The van der Waals surface area contributed by atoms with E-state index in [-0.39, 0.29) is 24.0 Å². The quantitative estimate of drug-likeness (QED) is 0.252. The molecule has 0 saturated carbocycles. The van der Waals surface area contributed by atoms with Gasteiger partial charge >= 0.3 is 0 Å². The molecule has 6 nitrogen and oxygen atoms in total. The number of rotatable bonds is 7. The van der Waals surface area contributed by atoms with Crippen LogP contribution in [0.4, 0.5) is 5.69 Å². The first-order chi connectivity index (χ1) is 13.7. The molecule has 1 aromatic rings. The molecule has 2 aliphatic rings. The first-order valence-electron chi connectivity index (χ1n) is 10.4. The van der Waals surface area contributed by atoms with Crippen molar-refractivity contribution in [1.82, 2.24) is 15.1 Å². The van der Waals surface area contributed by atoms with Crippen LogP contribution in [-0.4, -0.2) is 88.9 Å². The molecule has 29 heavy (non-hydrogen) atoms. The monoisotopic (exact) mass is 535 g/mol. The van der Waals surface area contributed by atoms with Crippen molar-refractivity contribution in [1.29, 1.82) is 0 Å². The van der Waals surface area contributed by atoms with Crippen molar-refractivity contribution in [2.75, 3.05) is 78.0 Å². The molecular formula is C21H35ClIN5O. The minimum Gasteiger partial charge on any atom is -0.384 e. The van der Waals surface area contributed by atoms with Crippen LogP contribution in [0.3, 0.4) is 0 Å². The maximum absolute atomic E-state index is 6.33. The van der Waals surface area contributed by atoms with Crippen molar-refractivity contribution in [2.45, 2.75) is 12.8 Å². The molecule has 0 spiro atoms. The highest BCUT2D eigenvalue weighted by atomic mass is 127. The summed E-state index contributed by atoms with van der Waals surface area (Å²) in [5, 5.41) is 4.38. The van der Waals surface area contributed by atoms with Gasteiger partial charge in [0.1, 0.15) is 0 Å². The van der Waals surface area contributed by atoms with Crippen LogP contribution in [0.15, 0.2) is 29.3 Å². The maximum Gasteiger partial charge on any atom is 0.193 e. The lowest BCUT2D eigenvalue weighted by molar-refractivity contribution is 0.157. The smallest absolute Gasteiger partial charge is 0.193 e. The molecule has 8 heteroatoms. The number of anilines is 1. The van der Waals surface area contributed by atoms with E-state index < -0.39 is 0 Å². The van der Waals surface area contributed by atoms with Gasteiger partial charge in [-0.05, 0) is 31.5 Å². The number of hydrogen-bond acceptors (Lipinski definition) is 4. The van der Waals surface area contributed by atoms with E-state index in [4.69, 9.17) is 16.3 Å². The second-order valence-electron chi connectivity index (χ2n) is 7.66. The van der Waals surface area contributed by atoms with Gasteiger partial charge in [0.05, 0.1) is 17.3 Å². The Labute approximate surface area is 197 Å². The average Bonchev–Trinajstić information content (AvgIpc) is 3.18. The number of hydrogen-bond donors (Lipinski definition) is 1. The Morgan fingerprint density at radius 3 is 2.66 bits per heavy atom. The van der Waals surface area contributed by atoms with Crippen LogP contribution < -0.4 is 10.2 Å². The zero-order chi connectivity index (χ0) is 19.8. The average molecular weight is 536 g/mol. The van der Waals surface area contributed by atoms with Crippen LogP contribution >= 0.6 is 35.6 Å². The summed E-state index contributed by atoms with van der Waals surface area (Å²) < 4.78 is 5.29. The zero-order valence-electron chi connectivity index (χ0n) is 17.6. The number of ether oxygens (including phenoxy) is 1. The zero-order valence-corrected chi connectivity index (χ0v) is 20.7. The minimum absolute atomic E-state index is 0. The molecule has 2 saturated heterocycles. The van der Waals surface area contributed by atoms with Gasteiger partial charge in [-0.1, -0.05) is 23.7 Å². The summed E-state index contributed by atoms with van der Waals surface area (Å²) >= 11 is 6.33. The predicted octanol–water partition coefficient (Wildman–Crippen LogP) is 3.01. The number of aliphatic imine (C=N–C) groups is 1. The Kier molecular flexibility index (Phi) is 10.8. The molecule has 164 valence electrons. The Balaban J connectivity index is 0.00000300. The summed E-state index contributed by atoms with van der Waals surface area (Å²) in [4.78, 5) is 11.7. The van der Waals surface area contributed by atoms with E-state index in [1.807, 2.05) is 19.2 Å². The molecule has 0 bridgehead atoms. The first-order valence-corrected chi connectivity index (χ1v) is 10.8. The van der Waals surface area contributed by atoms with Gasteiger partial charge in [0.25, 0.3) is 0 Å². The molecule has 2 aliphatic heterocycles. The van der Waals surface area contributed by atoms with Crippen LogP contribution in [0.25, 0.3) is 0 Å². The van der Waals surface area contributed by atoms with Crippen molar-refractivity contribution in [3.63, 3.8) is 0 Å². The molecule has 1 unspecified atom stereocenters. The molecule has 0 radical (unpaired) electrons. The third-order valence-electron chi connectivity index (χ3n) is 5.70. The van der Waals surface area contributed by atoms with E-state index >= 15 is 0 Å². The molecule has 0 aliphatic carbocycles. The SMILES string of the molecule is CN=C(NCCCN1CCN(c2ccccc2Cl)CC1)N1CCC(COC)C1.I. The molecule has 0 aromatic heterocycles. The van der Waals surface area contributed by atoms with Crippen LogP contribution in [-0.2, 0) is 4.74 Å². The fourth-order valence-electron chi connectivity index (χ4n) is 4.15. The second-order valence-corrected chi connectivity index (χ2v) is 8.07. The van der Waals surface area contributed by atoms with Crippen LogP contribution in [0.2, 0.25) is 5.02 Å². The van der Waals surface area contributed by atoms with Crippen molar-refractivity contribution in [3.05, 3.63) is 29.3 Å². The summed E-state index contributed by atoms with van der Waals surface area (Å²) in [6.07, 6.45) is 2.31. The molecule has 1 aromatic carbocycles. The van der Waals surface area contributed by atoms with Crippen LogP contribution in [0.1, 0.15) is 12.8 Å². The lowest BCUT2D eigenvalue weighted by atomic mass is 10.1. The molecule has 2 fully saturated rings. The number of nitrogens with zero attached hydrogens (tertiary/aromatic N) is 4. The fourth-order valence-corrected chi connectivity index (χ4v) is 4.41. The van der Waals surface area contributed by atoms with E-state index in [2.05, 4.69) is 37.1 Å². The van der Waals surface area contributed by atoms with Gasteiger partial charge in [-0.25, -0.2) is 0 Å². The third-order valence-corrected chi connectivity index (χ3v) is 6.02. The normalized spacial score (nSPS) is 20.7. The highest BCUT2D eigenvalue weighted by Gasteiger charge is 2.24. The van der Waals surface area contributed by atoms with Gasteiger partial charge in [0, 0.05) is 65.9 Å². The summed E-state index contributed by atoms with van der Waals surface area (Å²) in [6, 6.07) is 8.13. The molecular weight excluding hydrogens is 501 g/mol. The van der Waals surface area contributed by atoms with Gasteiger partial charge in [-0.15, -0.1) is 24.0 Å². The fraction of sp³-hybridized carbons (Fsp3) is 0.667. The number of likely N-dealkylation sites (tertiary alicyclic amines) is 1. The lowest BCUT2D eigenvalue weighted by Crippen LogP contribution is -2.47. The summed E-state index contributed by atoms with van der Waals surface area (Å²) in [5.74, 6) is 1.65.